The molecule has 3 rings (SSSR count). The van der Waals surface area contributed by atoms with Crippen molar-refractivity contribution >= 4 is 11.9 Å². The smallest absolute Gasteiger partial charge is 0.306 e. The Bertz CT molecular complexity index is 787. The molecule has 0 bridgehead atoms. The van der Waals surface area contributed by atoms with Gasteiger partial charge in [0.1, 0.15) is 0 Å². The first kappa shape index (κ1) is 20.1. The molecule has 150 valence electrons. The van der Waals surface area contributed by atoms with Gasteiger partial charge < -0.3 is 14.5 Å². The number of oxazole rings is 1. The van der Waals surface area contributed by atoms with Crippen LogP contribution in [0.5, 0.6) is 0 Å². The van der Waals surface area contributed by atoms with Gasteiger partial charge in [-0.3, -0.25) is 9.59 Å². The maximum atomic E-state index is 12.1. The molecule has 1 aromatic carbocycles. The number of aromatic nitrogens is 1. The molecule has 6 nitrogen and oxygen atoms in total. The zero-order chi connectivity index (χ0) is 19.9. The maximum Gasteiger partial charge on any atom is 0.306 e. The van der Waals surface area contributed by atoms with Gasteiger partial charge in [-0.15, -0.1) is 0 Å². The summed E-state index contributed by atoms with van der Waals surface area (Å²) in [7, 11) is 0. The fraction of sp³-hybridized carbons (Fsp3) is 0.500. The van der Waals surface area contributed by atoms with Crippen molar-refractivity contribution in [3.05, 3.63) is 42.4 Å². The van der Waals surface area contributed by atoms with Crippen LogP contribution >= 0.6 is 0 Å². The molecule has 1 aromatic heterocycles. The average molecular weight is 384 g/mol. The molecular formula is C22H28N2O4. The van der Waals surface area contributed by atoms with Gasteiger partial charge >= 0.3 is 5.97 Å². The molecule has 0 saturated heterocycles. The van der Waals surface area contributed by atoms with Crippen molar-refractivity contribution in [2.24, 2.45) is 11.8 Å². The van der Waals surface area contributed by atoms with Gasteiger partial charge in [0, 0.05) is 18.0 Å². The molecule has 1 amide bonds. The van der Waals surface area contributed by atoms with Crippen LogP contribution in [0.2, 0.25) is 0 Å². The first-order chi connectivity index (χ1) is 13.5. The van der Waals surface area contributed by atoms with E-state index in [0.29, 0.717) is 29.9 Å². The summed E-state index contributed by atoms with van der Waals surface area (Å²) in [6.07, 6.45) is 5.42. The lowest BCUT2D eigenvalue weighted by Crippen LogP contribution is -2.45. The van der Waals surface area contributed by atoms with Crippen LogP contribution in [-0.2, 0) is 20.7 Å². The van der Waals surface area contributed by atoms with Gasteiger partial charge in [-0.2, -0.15) is 0 Å². The summed E-state index contributed by atoms with van der Waals surface area (Å²) >= 11 is 0. The molecule has 0 spiro atoms. The number of nitrogens with one attached hydrogen (secondary N) is 1. The normalized spacial score (nSPS) is 21.9. The standard InChI is InChI=1S/C22H28N2O4/c1-15-7-6-10-18(16(15)2)24-20(25)14-27-22(26)12-11-21-23-13-19(28-21)17-8-4-3-5-9-17/h3-5,8-9,13,15-16,18H,6-7,10-12,14H2,1-2H3,(H,24,25). The number of carbonyl (C=O) groups is 2. The Morgan fingerprint density at radius 1 is 1.21 bits per heavy atom. The highest BCUT2D eigenvalue weighted by Crippen LogP contribution is 2.29. The highest BCUT2D eigenvalue weighted by molar-refractivity contribution is 5.80. The number of hydrogen-bond donors (Lipinski definition) is 1. The van der Waals surface area contributed by atoms with E-state index in [9.17, 15) is 9.59 Å². The van der Waals surface area contributed by atoms with Gasteiger partial charge in [0.2, 0.25) is 0 Å². The van der Waals surface area contributed by atoms with Gasteiger partial charge in [-0.1, -0.05) is 57.0 Å². The van der Waals surface area contributed by atoms with E-state index < -0.39 is 5.97 Å². The largest absolute Gasteiger partial charge is 0.456 e. The van der Waals surface area contributed by atoms with Crippen LogP contribution in [0.25, 0.3) is 11.3 Å². The highest BCUT2D eigenvalue weighted by Gasteiger charge is 2.28. The van der Waals surface area contributed by atoms with Crippen LogP contribution in [0.3, 0.4) is 0 Å². The number of carbonyl (C=O) groups excluding carboxylic acids is 2. The molecule has 1 N–H and O–H groups in total. The zero-order valence-corrected chi connectivity index (χ0v) is 16.5. The van der Waals surface area contributed by atoms with Crippen LogP contribution < -0.4 is 5.32 Å². The van der Waals surface area contributed by atoms with E-state index in [1.165, 1.54) is 6.42 Å². The Hall–Kier alpha value is -2.63. The van der Waals surface area contributed by atoms with E-state index in [1.807, 2.05) is 30.3 Å². The lowest BCUT2D eigenvalue weighted by Gasteiger charge is -2.34. The summed E-state index contributed by atoms with van der Waals surface area (Å²) < 4.78 is 10.8. The molecule has 0 radical (unpaired) electrons. The number of esters is 1. The van der Waals surface area contributed by atoms with E-state index in [0.717, 1.165) is 18.4 Å². The van der Waals surface area contributed by atoms with Crippen molar-refractivity contribution in [2.45, 2.75) is 52.0 Å². The second-order valence-corrected chi connectivity index (χ2v) is 7.59. The molecule has 1 fully saturated rings. The van der Waals surface area contributed by atoms with Gasteiger partial charge in [-0.25, -0.2) is 4.98 Å². The summed E-state index contributed by atoms with van der Waals surface area (Å²) in [5.74, 6) is 1.52. The Balaban J connectivity index is 1.39. The summed E-state index contributed by atoms with van der Waals surface area (Å²) in [4.78, 5) is 28.2. The number of hydrogen-bond acceptors (Lipinski definition) is 5. The van der Waals surface area contributed by atoms with E-state index in [4.69, 9.17) is 9.15 Å². The molecule has 3 atom stereocenters. The Morgan fingerprint density at radius 2 is 2.00 bits per heavy atom. The van der Waals surface area contributed by atoms with Gasteiger partial charge in [0.05, 0.1) is 12.6 Å². The summed E-state index contributed by atoms with van der Waals surface area (Å²) in [5, 5.41) is 3.00. The van der Waals surface area contributed by atoms with Gasteiger partial charge in [0.25, 0.3) is 5.91 Å². The molecule has 1 heterocycles. The number of amides is 1. The minimum absolute atomic E-state index is 0.124. The van der Waals surface area contributed by atoms with Crippen molar-refractivity contribution in [3.63, 3.8) is 0 Å². The van der Waals surface area contributed by atoms with E-state index in [-0.39, 0.29) is 25.0 Å². The van der Waals surface area contributed by atoms with Crippen molar-refractivity contribution in [1.29, 1.82) is 0 Å². The maximum absolute atomic E-state index is 12.1. The molecule has 0 aliphatic heterocycles. The van der Waals surface area contributed by atoms with Gasteiger partial charge in [0.15, 0.2) is 18.3 Å². The molecule has 3 unspecified atom stereocenters. The third kappa shape index (κ3) is 5.44. The molecule has 1 aliphatic rings. The Labute approximate surface area is 165 Å². The molecular weight excluding hydrogens is 356 g/mol. The van der Waals surface area contributed by atoms with Crippen molar-refractivity contribution in [2.75, 3.05) is 6.61 Å². The van der Waals surface area contributed by atoms with Crippen molar-refractivity contribution in [3.8, 4) is 11.3 Å². The molecule has 28 heavy (non-hydrogen) atoms. The predicted octanol–water partition coefficient (Wildman–Crippen LogP) is 3.76. The summed E-state index contributed by atoms with van der Waals surface area (Å²) in [6, 6.07) is 9.82. The topological polar surface area (TPSA) is 81.4 Å². The number of aryl methyl sites for hydroxylation is 1. The quantitative estimate of drug-likeness (QED) is 0.735. The average Bonchev–Trinajstić information content (AvgIpc) is 3.18. The first-order valence-electron chi connectivity index (χ1n) is 9.98. The van der Waals surface area contributed by atoms with Crippen LogP contribution in [0.15, 0.2) is 40.9 Å². The molecule has 6 heteroatoms. The lowest BCUT2D eigenvalue weighted by molar-refractivity contribution is -0.149. The summed E-state index contributed by atoms with van der Waals surface area (Å²) in [5.41, 5.74) is 0.937. The Morgan fingerprint density at radius 3 is 2.79 bits per heavy atom. The van der Waals surface area contributed by atoms with E-state index in [1.54, 1.807) is 6.20 Å². The van der Waals surface area contributed by atoms with Crippen LogP contribution in [0.4, 0.5) is 0 Å². The minimum Gasteiger partial charge on any atom is -0.456 e. The second kappa shape index (κ2) is 9.53. The van der Waals surface area contributed by atoms with Crippen LogP contribution in [0.1, 0.15) is 45.4 Å². The monoisotopic (exact) mass is 384 g/mol. The predicted molar refractivity (Wildman–Crippen MR) is 105 cm³/mol. The van der Waals surface area contributed by atoms with Crippen LogP contribution in [-0.4, -0.2) is 29.5 Å². The first-order valence-corrected chi connectivity index (χ1v) is 9.98. The van der Waals surface area contributed by atoms with Crippen LogP contribution in [0, 0.1) is 11.8 Å². The van der Waals surface area contributed by atoms with Crippen molar-refractivity contribution < 1.29 is 18.7 Å². The van der Waals surface area contributed by atoms with E-state index >= 15 is 0 Å². The van der Waals surface area contributed by atoms with Crippen molar-refractivity contribution in [1.82, 2.24) is 10.3 Å². The van der Waals surface area contributed by atoms with Gasteiger partial charge in [-0.05, 0) is 18.3 Å². The fourth-order valence-electron chi connectivity index (χ4n) is 3.62. The Kier molecular flexibility index (Phi) is 6.85. The number of rotatable bonds is 7. The highest BCUT2D eigenvalue weighted by atomic mass is 16.5. The molecule has 2 aromatic rings. The third-order valence-electron chi connectivity index (χ3n) is 5.57. The fourth-order valence-corrected chi connectivity index (χ4v) is 3.62. The molecule has 1 aliphatic carbocycles. The zero-order valence-electron chi connectivity index (χ0n) is 16.5. The number of nitrogens with zero attached hydrogens (tertiary/aromatic N) is 1. The molecule has 1 saturated carbocycles. The number of ether oxygens (including phenoxy) is 1. The van der Waals surface area contributed by atoms with E-state index in [2.05, 4.69) is 24.1 Å². The lowest BCUT2D eigenvalue weighted by atomic mass is 9.78. The second-order valence-electron chi connectivity index (χ2n) is 7.59. The SMILES string of the molecule is CC1CCCC(NC(=O)COC(=O)CCc2ncc(-c3ccccc3)o2)C1C. The third-order valence-corrected chi connectivity index (χ3v) is 5.57. The summed E-state index contributed by atoms with van der Waals surface area (Å²) in [6.45, 7) is 4.15. The minimum atomic E-state index is -0.431. The number of benzene rings is 1.